The molecule has 2 rings (SSSR count). The fourth-order valence-electron chi connectivity index (χ4n) is 1.21. The van der Waals surface area contributed by atoms with Crippen molar-refractivity contribution in [3.8, 4) is 0 Å². The number of hydrogen-bond donors (Lipinski definition) is 0. The Balaban J connectivity index is 2.46. The molecule has 0 aliphatic rings. The molecule has 0 amide bonds. The van der Waals surface area contributed by atoms with Crippen LogP contribution in [0, 0.1) is 0 Å². The standard InChI is InChI=1S/C9H11N3/c1-2-4-9-10-7-8-5-3-6-12(8)11-9/h3,5-7H,2,4H2,1H3. The van der Waals surface area contributed by atoms with Gasteiger partial charge < -0.3 is 0 Å². The predicted octanol–water partition coefficient (Wildman–Crippen LogP) is 1.68. The molecule has 62 valence electrons. The van der Waals surface area contributed by atoms with E-state index in [1.165, 1.54) is 0 Å². The first-order chi connectivity index (χ1) is 5.90. The maximum Gasteiger partial charge on any atom is 0.149 e. The SMILES string of the molecule is CCCc1ncc2cccn2n1. The number of rotatable bonds is 2. The molecule has 0 radical (unpaired) electrons. The van der Waals surface area contributed by atoms with Crippen LogP contribution in [0.15, 0.2) is 24.5 Å². The lowest BCUT2D eigenvalue weighted by Crippen LogP contribution is -1.99. The molecule has 0 fully saturated rings. The zero-order valence-corrected chi connectivity index (χ0v) is 7.07. The summed E-state index contributed by atoms with van der Waals surface area (Å²) in [5.74, 6) is 0.918. The average Bonchev–Trinajstić information content (AvgIpc) is 2.51. The molecule has 0 aliphatic carbocycles. The van der Waals surface area contributed by atoms with Crippen molar-refractivity contribution in [1.29, 1.82) is 0 Å². The Kier molecular flexibility index (Phi) is 1.78. The van der Waals surface area contributed by atoms with Gasteiger partial charge in [-0.05, 0) is 18.6 Å². The van der Waals surface area contributed by atoms with Crippen LogP contribution in [-0.4, -0.2) is 14.6 Å². The summed E-state index contributed by atoms with van der Waals surface area (Å²) in [6.07, 6.45) is 5.84. The number of aryl methyl sites for hydroxylation is 1. The molecule has 0 N–H and O–H groups in total. The van der Waals surface area contributed by atoms with Gasteiger partial charge in [0, 0.05) is 12.6 Å². The quantitative estimate of drug-likeness (QED) is 0.670. The van der Waals surface area contributed by atoms with E-state index in [0.717, 1.165) is 24.2 Å². The molecule has 0 aliphatic heterocycles. The zero-order valence-electron chi connectivity index (χ0n) is 7.07. The van der Waals surface area contributed by atoms with Gasteiger partial charge in [0.15, 0.2) is 0 Å². The van der Waals surface area contributed by atoms with Crippen LogP contribution in [0.2, 0.25) is 0 Å². The first-order valence-corrected chi connectivity index (χ1v) is 4.19. The van der Waals surface area contributed by atoms with Gasteiger partial charge >= 0.3 is 0 Å². The predicted molar refractivity (Wildman–Crippen MR) is 47.0 cm³/mol. The minimum Gasteiger partial charge on any atom is -0.238 e. The largest absolute Gasteiger partial charge is 0.238 e. The van der Waals surface area contributed by atoms with Gasteiger partial charge in [0.05, 0.1) is 11.7 Å². The minimum absolute atomic E-state index is 0.918. The maximum absolute atomic E-state index is 4.33. The molecule has 0 saturated carbocycles. The molecule has 0 spiro atoms. The summed E-state index contributed by atoms with van der Waals surface area (Å²) in [7, 11) is 0. The van der Waals surface area contributed by atoms with Crippen molar-refractivity contribution in [1.82, 2.24) is 14.6 Å². The topological polar surface area (TPSA) is 30.2 Å². The summed E-state index contributed by atoms with van der Waals surface area (Å²) in [6.45, 7) is 2.13. The molecule has 0 atom stereocenters. The van der Waals surface area contributed by atoms with Gasteiger partial charge in [0.1, 0.15) is 5.82 Å². The zero-order chi connectivity index (χ0) is 8.39. The smallest absolute Gasteiger partial charge is 0.149 e. The van der Waals surface area contributed by atoms with Gasteiger partial charge in [-0.3, -0.25) is 0 Å². The van der Waals surface area contributed by atoms with E-state index in [1.54, 1.807) is 0 Å². The Hall–Kier alpha value is -1.38. The van der Waals surface area contributed by atoms with Gasteiger partial charge in [-0.1, -0.05) is 6.92 Å². The van der Waals surface area contributed by atoms with E-state index in [1.807, 2.05) is 29.0 Å². The lowest BCUT2D eigenvalue weighted by Gasteiger charge is -1.97. The van der Waals surface area contributed by atoms with E-state index < -0.39 is 0 Å². The monoisotopic (exact) mass is 161 g/mol. The molecule has 0 unspecified atom stereocenters. The van der Waals surface area contributed by atoms with Crippen LogP contribution >= 0.6 is 0 Å². The van der Waals surface area contributed by atoms with E-state index in [-0.39, 0.29) is 0 Å². The van der Waals surface area contributed by atoms with E-state index >= 15 is 0 Å². The first kappa shape index (κ1) is 7.28. The first-order valence-electron chi connectivity index (χ1n) is 4.19. The third-order valence-corrected chi connectivity index (χ3v) is 1.80. The molecule has 12 heavy (non-hydrogen) atoms. The molecule has 0 aromatic carbocycles. The van der Waals surface area contributed by atoms with Crippen molar-refractivity contribution in [2.75, 3.05) is 0 Å². The fraction of sp³-hybridized carbons (Fsp3) is 0.333. The van der Waals surface area contributed by atoms with Crippen LogP contribution in [0.1, 0.15) is 19.2 Å². The van der Waals surface area contributed by atoms with Crippen molar-refractivity contribution in [2.45, 2.75) is 19.8 Å². The molecular formula is C9H11N3. The molecule has 0 bridgehead atoms. The van der Waals surface area contributed by atoms with Crippen LogP contribution in [0.5, 0.6) is 0 Å². The van der Waals surface area contributed by atoms with E-state index in [9.17, 15) is 0 Å². The molecule has 0 saturated heterocycles. The van der Waals surface area contributed by atoms with Crippen LogP contribution in [0.25, 0.3) is 5.52 Å². The fourth-order valence-corrected chi connectivity index (χ4v) is 1.21. The Morgan fingerprint density at radius 1 is 1.50 bits per heavy atom. The summed E-state index contributed by atoms with van der Waals surface area (Å²) < 4.78 is 1.86. The molecule has 2 aromatic heterocycles. The van der Waals surface area contributed by atoms with Crippen LogP contribution in [0.3, 0.4) is 0 Å². The van der Waals surface area contributed by atoms with Crippen LogP contribution in [0.4, 0.5) is 0 Å². The molecular weight excluding hydrogens is 150 g/mol. The van der Waals surface area contributed by atoms with Crippen LogP contribution < -0.4 is 0 Å². The van der Waals surface area contributed by atoms with Crippen molar-refractivity contribution in [2.24, 2.45) is 0 Å². The Morgan fingerprint density at radius 3 is 3.25 bits per heavy atom. The van der Waals surface area contributed by atoms with E-state index in [0.29, 0.717) is 0 Å². The highest BCUT2D eigenvalue weighted by atomic mass is 15.2. The van der Waals surface area contributed by atoms with Gasteiger partial charge in [-0.15, -0.1) is 0 Å². The van der Waals surface area contributed by atoms with Gasteiger partial charge in [0.2, 0.25) is 0 Å². The number of aromatic nitrogens is 3. The third-order valence-electron chi connectivity index (χ3n) is 1.80. The second-order valence-corrected chi connectivity index (χ2v) is 2.80. The highest BCUT2D eigenvalue weighted by Gasteiger charge is 1.96. The second kappa shape index (κ2) is 2.93. The highest BCUT2D eigenvalue weighted by molar-refractivity contribution is 5.43. The normalized spacial score (nSPS) is 10.8. The summed E-state index contributed by atoms with van der Waals surface area (Å²) >= 11 is 0. The van der Waals surface area contributed by atoms with Crippen molar-refractivity contribution >= 4 is 5.52 Å². The van der Waals surface area contributed by atoms with Crippen molar-refractivity contribution in [3.63, 3.8) is 0 Å². The average molecular weight is 161 g/mol. The third kappa shape index (κ3) is 1.18. The molecule has 2 heterocycles. The Labute approximate surface area is 71.1 Å². The minimum atomic E-state index is 0.918. The Bertz CT molecular complexity index is 378. The molecule has 3 nitrogen and oxygen atoms in total. The summed E-state index contributed by atoms with van der Waals surface area (Å²) in [6, 6.07) is 3.97. The van der Waals surface area contributed by atoms with Gasteiger partial charge in [0.25, 0.3) is 0 Å². The summed E-state index contributed by atoms with van der Waals surface area (Å²) in [4.78, 5) is 4.24. The maximum atomic E-state index is 4.33. The highest BCUT2D eigenvalue weighted by Crippen LogP contribution is 2.01. The van der Waals surface area contributed by atoms with E-state index in [4.69, 9.17) is 0 Å². The van der Waals surface area contributed by atoms with E-state index in [2.05, 4.69) is 17.0 Å². The number of nitrogens with zero attached hydrogens (tertiary/aromatic N) is 3. The van der Waals surface area contributed by atoms with Crippen molar-refractivity contribution in [3.05, 3.63) is 30.4 Å². The number of hydrogen-bond acceptors (Lipinski definition) is 2. The lowest BCUT2D eigenvalue weighted by molar-refractivity contribution is 0.766. The van der Waals surface area contributed by atoms with Crippen LogP contribution in [-0.2, 0) is 6.42 Å². The summed E-state index contributed by atoms with van der Waals surface area (Å²) in [5, 5.41) is 4.33. The second-order valence-electron chi connectivity index (χ2n) is 2.80. The summed E-state index contributed by atoms with van der Waals surface area (Å²) in [5.41, 5.74) is 1.05. The van der Waals surface area contributed by atoms with Gasteiger partial charge in [-0.25, -0.2) is 9.50 Å². The lowest BCUT2D eigenvalue weighted by atomic mass is 10.3. The van der Waals surface area contributed by atoms with Gasteiger partial charge in [-0.2, -0.15) is 5.10 Å². The molecule has 3 heteroatoms. The Morgan fingerprint density at radius 2 is 2.42 bits per heavy atom. The van der Waals surface area contributed by atoms with Crippen molar-refractivity contribution < 1.29 is 0 Å². The number of fused-ring (bicyclic) bond motifs is 1. The molecule has 2 aromatic rings.